The summed E-state index contributed by atoms with van der Waals surface area (Å²) in [6.07, 6.45) is 0. The van der Waals surface area contributed by atoms with Gasteiger partial charge in [0.05, 0.1) is 12.2 Å². The molecule has 0 aliphatic rings. The van der Waals surface area contributed by atoms with Crippen molar-refractivity contribution in [3.8, 4) is 0 Å². The molecule has 1 heterocycles. The van der Waals surface area contributed by atoms with Crippen LogP contribution < -0.4 is 10.6 Å². The zero-order valence-electron chi connectivity index (χ0n) is 10.9. The predicted octanol–water partition coefficient (Wildman–Crippen LogP) is 2.94. The summed E-state index contributed by atoms with van der Waals surface area (Å²) >= 11 is 1.64. The minimum absolute atomic E-state index is 0.529. The predicted molar refractivity (Wildman–Crippen MR) is 77.9 cm³/mol. The molecule has 0 radical (unpaired) electrons. The van der Waals surface area contributed by atoms with Crippen LogP contribution in [0.25, 0.3) is 0 Å². The number of aryl methyl sites for hydroxylation is 1. The minimum Gasteiger partial charge on any atom is -0.366 e. The second-order valence-electron chi connectivity index (χ2n) is 4.29. The molecule has 4 heteroatoms. The molecular weight excluding hydrogens is 242 g/mol. The fourth-order valence-electron chi connectivity index (χ4n) is 1.85. The van der Waals surface area contributed by atoms with Crippen molar-refractivity contribution in [1.82, 2.24) is 4.98 Å². The Bertz CT molecular complexity index is 490. The first-order valence-electron chi connectivity index (χ1n) is 6.18. The minimum atomic E-state index is 0.529. The summed E-state index contributed by atoms with van der Waals surface area (Å²) in [5.41, 5.74) is 9.22. The Morgan fingerprint density at radius 2 is 2.00 bits per heavy atom. The molecule has 18 heavy (non-hydrogen) atoms. The van der Waals surface area contributed by atoms with E-state index in [4.69, 9.17) is 5.73 Å². The van der Waals surface area contributed by atoms with Crippen molar-refractivity contribution >= 4 is 17.0 Å². The van der Waals surface area contributed by atoms with Crippen molar-refractivity contribution in [2.24, 2.45) is 5.73 Å². The van der Waals surface area contributed by atoms with E-state index in [1.165, 1.54) is 11.3 Å². The van der Waals surface area contributed by atoms with E-state index in [1.807, 2.05) is 0 Å². The highest BCUT2D eigenvalue weighted by Gasteiger charge is 2.07. The van der Waals surface area contributed by atoms with Crippen molar-refractivity contribution in [1.29, 1.82) is 0 Å². The average molecular weight is 261 g/mol. The van der Waals surface area contributed by atoms with Crippen LogP contribution in [0.15, 0.2) is 29.6 Å². The second-order valence-corrected chi connectivity index (χ2v) is 5.23. The van der Waals surface area contributed by atoms with E-state index in [2.05, 4.69) is 53.4 Å². The van der Waals surface area contributed by atoms with Crippen LogP contribution in [-0.2, 0) is 13.1 Å². The summed E-state index contributed by atoms with van der Waals surface area (Å²) in [6.45, 7) is 6.61. The van der Waals surface area contributed by atoms with Crippen LogP contribution in [0.1, 0.15) is 23.2 Å². The number of rotatable bonds is 5. The molecule has 96 valence electrons. The van der Waals surface area contributed by atoms with Crippen molar-refractivity contribution in [3.63, 3.8) is 0 Å². The lowest BCUT2D eigenvalue weighted by molar-refractivity contribution is 0.809. The summed E-state index contributed by atoms with van der Waals surface area (Å²) in [5.74, 6) is 0. The standard InChI is InChI=1S/C14H19N3S/c1-3-17(13-6-4-11(2)5-7-13)9-12-10-18-14(8-15)16-12/h4-7,10H,3,8-9,15H2,1-2H3. The average Bonchev–Trinajstić information content (AvgIpc) is 2.85. The van der Waals surface area contributed by atoms with Gasteiger partial charge in [0.2, 0.25) is 0 Å². The molecule has 0 saturated heterocycles. The van der Waals surface area contributed by atoms with Gasteiger partial charge in [-0.15, -0.1) is 11.3 Å². The van der Waals surface area contributed by atoms with Crippen LogP contribution >= 0.6 is 11.3 Å². The van der Waals surface area contributed by atoms with E-state index >= 15 is 0 Å². The number of nitrogens with zero attached hydrogens (tertiary/aromatic N) is 2. The van der Waals surface area contributed by atoms with E-state index in [9.17, 15) is 0 Å². The van der Waals surface area contributed by atoms with Gasteiger partial charge in [-0.05, 0) is 26.0 Å². The molecule has 1 aromatic heterocycles. The fourth-order valence-corrected chi connectivity index (χ4v) is 2.52. The lowest BCUT2D eigenvalue weighted by atomic mass is 10.2. The molecule has 3 nitrogen and oxygen atoms in total. The number of benzene rings is 1. The summed E-state index contributed by atoms with van der Waals surface area (Å²) in [5, 5.41) is 3.10. The molecule has 0 atom stereocenters. The molecule has 0 spiro atoms. The Morgan fingerprint density at radius 1 is 1.28 bits per heavy atom. The van der Waals surface area contributed by atoms with Gasteiger partial charge in [0.25, 0.3) is 0 Å². The maximum absolute atomic E-state index is 5.59. The maximum atomic E-state index is 5.59. The van der Waals surface area contributed by atoms with E-state index in [-0.39, 0.29) is 0 Å². The van der Waals surface area contributed by atoms with E-state index in [1.54, 1.807) is 11.3 Å². The molecule has 2 N–H and O–H groups in total. The lowest BCUT2D eigenvalue weighted by Gasteiger charge is -2.22. The Balaban J connectivity index is 2.11. The molecule has 0 unspecified atom stereocenters. The van der Waals surface area contributed by atoms with Gasteiger partial charge in [-0.25, -0.2) is 4.98 Å². The SMILES string of the molecule is CCN(Cc1csc(CN)n1)c1ccc(C)cc1. The van der Waals surface area contributed by atoms with Gasteiger partial charge in [-0.1, -0.05) is 17.7 Å². The van der Waals surface area contributed by atoms with Crippen molar-refractivity contribution < 1.29 is 0 Å². The first kappa shape index (κ1) is 13.1. The number of anilines is 1. The molecule has 2 rings (SSSR count). The number of aromatic nitrogens is 1. The Kier molecular flexibility index (Phi) is 4.33. The summed E-state index contributed by atoms with van der Waals surface area (Å²) in [7, 11) is 0. The fraction of sp³-hybridized carbons (Fsp3) is 0.357. The lowest BCUT2D eigenvalue weighted by Crippen LogP contribution is -2.22. The molecule has 0 fully saturated rings. The zero-order valence-corrected chi connectivity index (χ0v) is 11.7. The van der Waals surface area contributed by atoms with Crippen LogP contribution in [0.5, 0.6) is 0 Å². The molecule has 0 aliphatic heterocycles. The van der Waals surface area contributed by atoms with Gasteiger partial charge in [-0.3, -0.25) is 0 Å². The molecule has 1 aromatic carbocycles. The zero-order chi connectivity index (χ0) is 13.0. The highest BCUT2D eigenvalue weighted by molar-refractivity contribution is 7.09. The Morgan fingerprint density at radius 3 is 2.56 bits per heavy atom. The number of thiazole rings is 1. The van der Waals surface area contributed by atoms with Gasteiger partial charge in [0, 0.05) is 24.2 Å². The number of hydrogen-bond donors (Lipinski definition) is 1. The van der Waals surface area contributed by atoms with Gasteiger partial charge >= 0.3 is 0 Å². The van der Waals surface area contributed by atoms with Gasteiger partial charge in [0.1, 0.15) is 5.01 Å². The van der Waals surface area contributed by atoms with Crippen molar-refractivity contribution in [3.05, 3.63) is 45.9 Å². The summed E-state index contributed by atoms with van der Waals surface area (Å²) in [6, 6.07) is 8.61. The third-order valence-electron chi connectivity index (χ3n) is 2.91. The smallest absolute Gasteiger partial charge is 0.107 e. The maximum Gasteiger partial charge on any atom is 0.107 e. The number of nitrogens with two attached hydrogens (primary N) is 1. The van der Waals surface area contributed by atoms with Crippen molar-refractivity contribution in [2.75, 3.05) is 11.4 Å². The first-order chi connectivity index (χ1) is 8.72. The largest absolute Gasteiger partial charge is 0.366 e. The van der Waals surface area contributed by atoms with Crippen LogP contribution in [0.3, 0.4) is 0 Å². The van der Waals surface area contributed by atoms with Crippen LogP contribution in [0.2, 0.25) is 0 Å². The van der Waals surface area contributed by atoms with Gasteiger partial charge in [0.15, 0.2) is 0 Å². The molecule has 0 aliphatic carbocycles. The Hall–Kier alpha value is -1.39. The van der Waals surface area contributed by atoms with E-state index < -0.39 is 0 Å². The van der Waals surface area contributed by atoms with Crippen LogP contribution in [-0.4, -0.2) is 11.5 Å². The third kappa shape index (κ3) is 3.09. The first-order valence-corrected chi connectivity index (χ1v) is 7.06. The normalized spacial score (nSPS) is 10.6. The molecular formula is C14H19N3S. The van der Waals surface area contributed by atoms with E-state index in [0.29, 0.717) is 6.54 Å². The quantitative estimate of drug-likeness (QED) is 0.900. The summed E-state index contributed by atoms with van der Waals surface area (Å²) in [4.78, 5) is 6.83. The molecule has 0 saturated carbocycles. The summed E-state index contributed by atoms with van der Waals surface area (Å²) < 4.78 is 0. The molecule has 0 bridgehead atoms. The highest BCUT2D eigenvalue weighted by Crippen LogP contribution is 2.18. The topological polar surface area (TPSA) is 42.1 Å². The second kappa shape index (κ2) is 5.98. The highest BCUT2D eigenvalue weighted by atomic mass is 32.1. The van der Waals surface area contributed by atoms with Crippen LogP contribution in [0, 0.1) is 6.92 Å². The Labute approximate surface area is 112 Å². The van der Waals surface area contributed by atoms with E-state index in [0.717, 1.165) is 23.8 Å². The van der Waals surface area contributed by atoms with Gasteiger partial charge in [-0.2, -0.15) is 0 Å². The third-order valence-corrected chi connectivity index (χ3v) is 3.83. The number of hydrogen-bond acceptors (Lipinski definition) is 4. The van der Waals surface area contributed by atoms with Crippen LogP contribution in [0.4, 0.5) is 5.69 Å². The van der Waals surface area contributed by atoms with Crippen molar-refractivity contribution in [2.45, 2.75) is 26.9 Å². The monoisotopic (exact) mass is 261 g/mol. The molecule has 2 aromatic rings. The molecule has 0 amide bonds. The van der Waals surface area contributed by atoms with Gasteiger partial charge < -0.3 is 10.6 Å².